The zero-order chi connectivity index (χ0) is 12.6. The highest BCUT2D eigenvalue weighted by Gasteiger charge is 2.36. The smallest absolute Gasteiger partial charge is 0.309 e. The van der Waals surface area contributed by atoms with Crippen molar-refractivity contribution in [1.82, 2.24) is 0 Å². The first kappa shape index (κ1) is 15.5. The Morgan fingerprint density at radius 3 is 2.06 bits per heavy atom. The molecule has 0 aliphatic heterocycles. The quantitative estimate of drug-likeness (QED) is 0.631. The summed E-state index contributed by atoms with van der Waals surface area (Å²) >= 11 is 0. The molecule has 0 aromatic carbocycles. The maximum absolute atomic E-state index is 11.4. The Bertz CT molecular complexity index is 195. The van der Waals surface area contributed by atoms with Crippen LogP contribution in [0.4, 0.5) is 0 Å². The van der Waals surface area contributed by atoms with E-state index in [0.29, 0.717) is 5.92 Å². The molecule has 0 spiro atoms. The molecule has 2 nitrogen and oxygen atoms in total. The van der Waals surface area contributed by atoms with Crippen molar-refractivity contribution in [3.05, 3.63) is 0 Å². The predicted molar refractivity (Wildman–Crippen MR) is 68.6 cm³/mol. The van der Waals surface area contributed by atoms with Crippen LogP contribution in [0.5, 0.6) is 0 Å². The van der Waals surface area contributed by atoms with Crippen molar-refractivity contribution < 1.29 is 9.90 Å². The molecular weight excluding hydrogens is 200 g/mol. The lowest BCUT2D eigenvalue weighted by Crippen LogP contribution is -2.32. The van der Waals surface area contributed by atoms with E-state index >= 15 is 0 Å². The van der Waals surface area contributed by atoms with Crippen molar-refractivity contribution in [2.45, 2.75) is 72.6 Å². The Morgan fingerprint density at radius 1 is 1.19 bits per heavy atom. The number of rotatable bonds is 9. The molecule has 0 radical (unpaired) electrons. The van der Waals surface area contributed by atoms with Gasteiger partial charge >= 0.3 is 5.97 Å². The van der Waals surface area contributed by atoms with Crippen molar-refractivity contribution in [1.29, 1.82) is 0 Å². The van der Waals surface area contributed by atoms with Gasteiger partial charge in [-0.15, -0.1) is 0 Å². The molecule has 0 saturated heterocycles. The molecule has 16 heavy (non-hydrogen) atoms. The zero-order valence-electron chi connectivity index (χ0n) is 11.4. The Hall–Kier alpha value is -0.530. The van der Waals surface area contributed by atoms with Gasteiger partial charge in [0.15, 0.2) is 0 Å². The molecule has 0 fully saturated rings. The molecule has 2 heteroatoms. The normalized spacial score (nSPS) is 13.8. The van der Waals surface area contributed by atoms with Crippen LogP contribution in [-0.2, 0) is 4.79 Å². The second kappa shape index (κ2) is 7.70. The van der Waals surface area contributed by atoms with Crippen LogP contribution in [-0.4, -0.2) is 11.1 Å². The molecule has 0 heterocycles. The number of hydrogen-bond donors (Lipinski definition) is 1. The topological polar surface area (TPSA) is 37.3 Å². The van der Waals surface area contributed by atoms with E-state index in [4.69, 9.17) is 0 Å². The van der Waals surface area contributed by atoms with Gasteiger partial charge in [-0.3, -0.25) is 4.79 Å². The minimum Gasteiger partial charge on any atom is -0.481 e. The van der Waals surface area contributed by atoms with Gasteiger partial charge in [0.2, 0.25) is 0 Å². The van der Waals surface area contributed by atoms with Crippen LogP contribution >= 0.6 is 0 Å². The molecule has 0 aromatic rings. The van der Waals surface area contributed by atoms with Crippen LogP contribution in [0.25, 0.3) is 0 Å². The molecule has 0 saturated carbocycles. The highest BCUT2D eigenvalue weighted by molar-refractivity contribution is 5.74. The second-order valence-electron chi connectivity index (χ2n) is 4.91. The minimum atomic E-state index is -0.604. The summed E-state index contributed by atoms with van der Waals surface area (Å²) < 4.78 is 0. The average molecular weight is 228 g/mol. The third-order valence-electron chi connectivity index (χ3n) is 4.03. The summed E-state index contributed by atoms with van der Waals surface area (Å²) in [5.74, 6) is -0.0246. The monoisotopic (exact) mass is 228 g/mol. The van der Waals surface area contributed by atoms with Gasteiger partial charge in [-0.05, 0) is 25.2 Å². The second-order valence-corrected chi connectivity index (χ2v) is 4.91. The maximum Gasteiger partial charge on any atom is 0.309 e. The van der Waals surface area contributed by atoms with Gasteiger partial charge in [-0.25, -0.2) is 0 Å². The summed E-state index contributed by atoms with van der Waals surface area (Å²) in [5, 5.41) is 9.39. The van der Waals surface area contributed by atoms with Gasteiger partial charge < -0.3 is 5.11 Å². The lowest BCUT2D eigenvalue weighted by Gasteiger charge is -2.31. The van der Waals surface area contributed by atoms with Crippen LogP contribution < -0.4 is 0 Å². The Kier molecular flexibility index (Phi) is 7.44. The predicted octanol–water partition coefficient (Wildman–Crippen LogP) is 4.48. The first-order valence-electron chi connectivity index (χ1n) is 6.79. The van der Waals surface area contributed by atoms with E-state index in [-0.39, 0.29) is 0 Å². The molecule has 1 atom stereocenters. The molecule has 0 rings (SSSR count). The summed E-state index contributed by atoms with van der Waals surface area (Å²) in [5.41, 5.74) is -0.478. The fourth-order valence-corrected chi connectivity index (χ4v) is 2.42. The van der Waals surface area contributed by atoms with E-state index in [2.05, 4.69) is 13.8 Å². The highest BCUT2D eigenvalue weighted by Crippen LogP contribution is 2.37. The third-order valence-corrected chi connectivity index (χ3v) is 4.03. The number of carboxylic acid groups (broad SMARTS) is 1. The largest absolute Gasteiger partial charge is 0.481 e. The summed E-state index contributed by atoms with van der Waals surface area (Å²) in [7, 11) is 0. The standard InChI is InChI=1S/C14H28O2/c1-5-9-10-12(6-2)11-14(7-3,8-4)13(15)16/h12H,5-11H2,1-4H3,(H,15,16). The van der Waals surface area contributed by atoms with Crippen molar-refractivity contribution in [3.63, 3.8) is 0 Å². The fraction of sp³-hybridized carbons (Fsp3) is 0.929. The number of carboxylic acids is 1. The fourth-order valence-electron chi connectivity index (χ4n) is 2.42. The van der Waals surface area contributed by atoms with E-state index < -0.39 is 11.4 Å². The number of unbranched alkanes of at least 4 members (excludes halogenated alkanes) is 1. The van der Waals surface area contributed by atoms with E-state index in [1.807, 2.05) is 13.8 Å². The Labute approximate surface area is 100 Å². The SMILES string of the molecule is CCCCC(CC)CC(CC)(CC)C(=O)O. The van der Waals surface area contributed by atoms with E-state index in [1.165, 1.54) is 19.3 Å². The lowest BCUT2D eigenvalue weighted by atomic mass is 9.73. The molecule has 0 amide bonds. The van der Waals surface area contributed by atoms with Gasteiger partial charge in [-0.2, -0.15) is 0 Å². The molecule has 0 bridgehead atoms. The van der Waals surface area contributed by atoms with Crippen LogP contribution in [0, 0.1) is 11.3 Å². The molecule has 0 aromatic heterocycles. The summed E-state index contributed by atoms with van der Waals surface area (Å²) in [6.07, 6.45) is 7.07. The molecule has 1 unspecified atom stereocenters. The Morgan fingerprint density at radius 2 is 1.75 bits per heavy atom. The maximum atomic E-state index is 11.4. The van der Waals surface area contributed by atoms with Gasteiger partial charge in [0.05, 0.1) is 5.41 Å². The van der Waals surface area contributed by atoms with E-state index in [0.717, 1.165) is 25.7 Å². The first-order chi connectivity index (χ1) is 7.56. The van der Waals surface area contributed by atoms with Crippen LogP contribution in [0.1, 0.15) is 72.6 Å². The molecule has 0 aliphatic rings. The number of carbonyl (C=O) groups is 1. The van der Waals surface area contributed by atoms with Crippen LogP contribution in [0.2, 0.25) is 0 Å². The van der Waals surface area contributed by atoms with Gasteiger partial charge in [-0.1, -0.05) is 53.4 Å². The molecule has 0 aliphatic carbocycles. The van der Waals surface area contributed by atoms with E-state index in [1.54, 1.807) is 0 Å². The van der Waals surface area contributed by atoms with Crippen LogP contribution in [0.3, 0.4) is 0 Å². The number of aliphatic carboxylic acids is 1. The van der Waals surface area contributed by atoms with E-state index in [9.17, 15) is 9.90 Å². The van der Waals surface area contributed by atoms with Gasteiger partial charge in [0.25, 0.3) is 0 Å². The molecule has 1 N–H and O–H groups in total. The Balaban J connectivity index is 4.51. The van der Waals surface area contributed by atoms with Crippen molar-refractivity contribution in [3.8, 4) is 0 Å². The van der Waals surface area contributed by atoms with Crippen molar-refractivity contribution in [2.75, 3.05) is 0 Å². The van der Waals surface area contributed by atoms with Crippen molar-refractivity contribution >= 4 is 5.97 Å². The van der Waals surface area contributed by atoms with Gasteiger partial charge in [0, 0.05) is 0 Å². The molecular formula is C14H28O2. The summed E-state index contributed by atoms with van der Waals surface area (Å²) in [4.78, 5) is 11.4. The van der Waals surface area contributed by atoms with Gasteiger partial charge in [0.1, 0.15) is 0 Å². The third kappa shape index (κ3) is 4.15. The first-order valence-corrected chi connectivity index (χ1v) is 6.79. The van der Waals surface area contributed by atoms with Crippen LogP contribution in [0.15, 0.2) is 0 Å². The number of hydrogen-bond acceptors (Lipinski definition) is 1. The zero-order valence-corrected chi connectivity index (χ0v) is 11.4. The highest BCUT2D eigenvalue weighted by atomic mass is 16.4. The average Bonchev–Trinajstić information content (AvgIpc) is 2.30. The summed E-state index contributed by atoms with van der Waals surface area (Å²) in [6.45, 7) is 8.38. The summed E-state index contributed by atoms with van der Waals surface area (Å²) in [6, 6.07) is 0. The lowest BCUT2D eigenvalue weighted by molar-refractivity contribution is -0.150. The minimum absolute atomic E-state index is 0.478. The van der Waals surface area contributed by atoms with Crippen molar-refractivity contribution in [2.24, 2.45) is 11.3 Å². The molecule has 96 valence electrons.